The summed E-state index contributed by atoms with van der Waals surface area (Å²) in [6, 6.07) is 0. The molecule has 0 aromatic carbocycles. The van der Waals surface area contributed by atoms with E-state index >= 15 is 0 Å². The van der Waals surface area contributed by atoms with Crippen LogP contribution in [-0.2, 0) is 9.53 Å². The van der Waals surface area contributed by atoms with Gasteiger partial charge in [0.15, 0.2) is 5.78 Å². The standard InChI is InChI=1S/C18H27BrO4/c1-17-4-3-10(20)5-9(17)6-13(21)14-11-7-12(19)15(22)18(11,2)8-23-16(14)17/h9-14,16,20-21H,3-8H2,1-2H3/t9-,10+,11+,12-,13?,14?,16+,17+,18+/m1/s1. The van der Waals surface area contributed by atoms with Crippen molar-refractivity contribution in [2.24, 2.45) is 28.6 Å². The summed E-state index contributed by atoms with van der Waals surface area (Å²) < 4.78 is 6.31. The monoisotopic (exact) mass is 386 g/mol. The van der Waals surface area contributed by atoms with E-state index in [4.69, 9.17) is 4.74 Å². The Morgan fingerprint density at radius 3 is 2.70 bits per heavy atom. The highest BCUT2D eigenvalue weighted by Gasteiger charge is 2.65. The SMILES string of the molecule is C[C@]12CC[C@H](O)C[C@@H]1CC(O)C1[C@@H]2OC[C@]2(C)C(=O)[C@H](Br)C[C@@H]12. The van der Waals surface area contributed by atoms with Crippen LogP contribution in [0.2, 0.25) is 0 Å². The fourth-order valence-electron chi connectivity index (χ4n) is 6.16. The molecule has 0 amide bonds. The molecule has 4 rings (SSSR count). The Kier molecular flexibility index (Phi) is 3.77. The Bertz CT molecular complexity index is 525. The van der Waals surface area contributed by atoms with Gasteiger partial charge < -0.3 is 14.9 Å². The van der Waals surface area contributed by atoms with Gasteiger partial charge in [-0.05, 0) is 49.4 Å². The van der Waals surface area contributed by atoms with E-state index in [1.165, 1.54) is 0 Å². The number of rotatable bonds is 0. The van der Waals surface area contributed by atoms with Gasteiger partial charge in [0.25, 0.3) is 0 Å². The third kappa shape index (κ3) is 2.16. The van der Waals surface area contributed by atoms with Gasteiger partial charge in [0.2, 0.25) is 0 Å². The average Bonchev–Trinajstić information content (AvgIpc) is 2.73. The summed E-state index contributed by atoms with van der Waals surface area (Å²) in [6.07, 6.45) is 3.39. The Labute approximate surface area is 146 Å². The number of hydrogen-bond donors (Lipinski definition) is 2. The third-order valence-electron chi connectivity index (χ3n) is 7.63. The summed E-state index contributed by atoms with van der Waals surface area (Å²) in [4.78, 5) is 12.5. The van der Waals surface area contributed by atoms with Crippen LogP contribution < -0.4 is 0 Å². The number of Topliss-reactive ketones (excluding diaryl/α,β-unsaturated/α-hetero) is 1. The molecule has 4 aliphatic rings. The maximum Gasteiger partial charge on any atom is 0.154 e. The molecular formula is C18H27BrO4. The Hall–Kier alpha value is 0.0300. The summed E-state index contributed by atoms with van der Waals surface area (Å²) in [5.41, 5.74) is -0.453. The lowest BCUT2D eigenvalue weighted by atomic mass is 9.51. The number of ether oxygens (including phenoxy) is 1. The van der Waals surface area contributed by atoms with E-state index in [1.807, 2.05) is 6.92 Å². The summed E-state index contributed by atoms with van der Waals surface area (Å²) in [6.45, 7) is 4.76. The van der Waals surface area contributed by atoms with E-state index < -0.39 is 11.5 Å². The minimum Gasteiger partial charge on any atom is -0.393 e. The summed E-state index contributed by atoms with van der Waals surface area (Å²) in [5, 5.41) is 20.9. The van der Waals surface area contributed by atoms with E-state index in [2.05, 4.69) is 22.9 Å². The molecule has 0 aromatic heterocycles. The van der Waals surface area contributed by atoms with Crippen LogP contribution in [0.3, 0.4) is 0 Å². The Balaban J connectivity index is 1.69. The van der Waals surface area contributed by atoms with E-state index in [0.717, 1.165) is 32.1 Å². The molecular weight excluding hydrogens is 360 g/mol. The largest absolute Gasteiger partial charge is 0.393 e. The van der Waals surface area contributed by atoms with Crippen molar-refractivity contribution >= 4 is 21.7 Å². The van der Waals surface area contributed by atoms with Crippen molar-refractivity contribution in [1.29, 1.82) is 0 Å². The molecule has 4 nitrogen and oxygen atoms in total. The number of aliphatic hydroxyl groups excluding tert-OH is 2. The number of carbonyl (C=O) groups excluding carboxylic acids is 1. The molecule has 1 heterocycles. The van der Waals surface area contributed by atoms with Crippen LogP contribution in [0.5, 0.6) is 0 Å². The summed E-state index contributed by atoms with van der Waals surface area (Å²) in [7, 11) is 0. The van der Waals surface area contributed by atoms with Gasteiger partial charge in [0.05, 0.1) is 35.2 Å². The number of ketones is 1. The van der Waals surface area contributed by atoms with Crippen LogP contribution in [-0.4, -0.2) is 45.7 Å². The molecule has 5 heteroatoms. The molecule has 3 aliphatic carbocycles. The number of halogens is 1. The normalized spacial score (nSPS) is 59.2. The predicted octanol–water partition coefficient (Wildman–Crippen LogP) is 2.29. The number of aliphatic hydroxyl groups is 2. The van der Waals surface area contributed by atoms with Crippen molar-refractivity contribution in [3.63, 3.8) is 0 Å². The Morgan fingerprint density at radius 1 is 1.22 bits per heavy atom. The molecule has 0 radical (unpaired) electrons. The fourth-order valence-corrected chi connectivity index (χ4v) is 7.09. The lowest BCUT2D eigenvalue weighted by molar-refractivity contribution is -0.240. The second-order valence-electron chi connectivity index (χ2n) is 8.83. The van der Waals surface area contributed by atoms with Crippen LogP contribution in [0.4, 0.5) is 0 Å². The van der Waals surface area contributed by atoms with Crippen LogP contribution in [0.15, 0.2) is 0 Å². The van der Waals surface area contributed by atoms with Crippen LogP contribution in [0.25, 0.3) is 0 Å². The zero-order valence-corrected chi connectivity index (χ0v) is 15.5. The molecule has 2 N–H and O–H groups in total. The molecule has 1 aliphatic heterocycles. The minimum absolute atomic E-state index is 0.00687. The molecule has 0 bridgehead atoms. The second-order valence-corrected chi connectivity index (χ2v) is 9.94. The molecule has 3 saturated carbocycles. The molecule has 9 atom stereocenters. The first-order valence-corrected chi connectivity index (χ1v) is 9.85. The van der Waals surface area contributed by atoms with Gasteiger partial charge in [-0.25, -0.2) is 0 Å². The second kappa shape index (κ2) is 5.26. The lowest BCUT2D eigenvalue weighted by Gasteiger charge is -2.60. The van der Waals surface area contributed by atoms with Crippen molar-refractivity contribution in [1.82, 2.24) is 0 Å². The topological polar surface area (TPSA) is 66.8 Å². The first kappa shape index (κ1) is 16.5. The van der Waals surface area contributed by atoms with E-state index in [1.54, 1.807) is 0 Å². The highest BCUT2D eigenvalue weighted by atomic mass is 79.9. The zero-order valence-electron chi connectivity index (χ0n) is 13.9. The van der Waals surface area contributed by atoms with Crippen molar-refractivity contribution in [2.45, 2.75) is 69.1 Å². The van der Waals surface area contributed by atoms with Crippen molar-refractivity contribution in [3.05, 3.63) is 0 Å². The van der Waals surface area contributed by atoms with Gasteiger partial charge in [-0.3, -0.25) is 4.79 Å². The highest BCUT2D eigenvalue weighted by Crippen LogP contribution is 2.61. The number of alkyl halides is 1. The molecule has 0 aromatic rings. The molecule has 4 fully saturated rings. The van der Waals surface area contributed by atoms with Crippen molar-refractivity contribution in [2.75, 3.05) is 6.61 Å². The maximum atomic E-state index is 12.6. The first-order chi connectivity index (χ1) is 10.8. The van der Waals surface area contributed by atoms with E-state index in [-0.39, 0.29) is 40.1 Å². The minimum atomic E-state index is -0.465. The fraction of sp³-hybridized carbons (Fsp3) is 0.944. The van der Waals surface area contributed by atoms with Crippen LogP contribution in [0.1, 0.15) is 46.0 Å². The van der Waals surface area contributed by atoms with Gasteiger partial charge in [-0.1, -0.05) is 29.8 Å². The molecule has 0 spiro atoms. The highest BCUT2D eigenvalue weighted by molar-refractivity contribution is 9.10. The maximum absolute atomic E-state index is 12.6. The van der Waals surface area contributed by atoms with Gasteiger partial charge in [0, 0.05) is 5.92 Å². The average molecular weight is 387 g/mol. The molecule has 1 saturated heterocycles. The van der Waals surface area contributed by atoms with Gasteiger partial charge >= 0.3 is 0 Å². The van der Waals surface area contributed by atoms with Crippen molar-refractivity contribution in [3.8, 4) is 0 Å². The predicted molar refractivity (Wildman–Crippen MR) is 89.2 cm³/mol. The number of fused-ring (bicyclic) bond motifs is 5. The molecule has 2 unspecified atom stereocenters. The first-order valence-electron chi connectivity index (χ1n) is 8.93. The number of hydrogen-bond acceptors (Lipinski definition) is 4. The third-order valence-corrected chi connectivity index (χ3v) is 8.42. The van der Waals surface area contributed by atoms with Crippen LogP contribution in [0, 0.1) is 28.6 Å². The van der Waals surface area contributed by atoms with Crippen LogP contribution >= 0.6 is 15.9 Å². The number of carbonyl (C=O) groups is 1. The van der Waals surface area contributed by atoms with Gasteiger partial charge in [-0.2, -0.15) is 0 Å². The smallest absolute Gasteiger partial charge is 0.154 e. The van der Waals surface area contributed by atoms with Gasteiger partial charge in [-0.15, -0.1) is 0 Å². The van der Waals surface area contributed by atoms with E-state index in [9.17, 15) is 15.0 Å². The zero-order chi connectivity index (χ0) is 16.6. The van der Waals surface area contributed by atoms with Crippen molar-refractivity contribution < 1.29 is 19.7 Å². The molecule has 130 valence electrons. The van der Waals surface area contributed by atoms with Gasteiger partial charge in [0.1, 0.15) is 0 Å². The Morgan fingerprint density at radius 2 is 1.96 bits per heavy atom. The molecule has 23 heavy (non-hydrogen) atoms. The summed E-state index contributed by atoms with van der Waals surface area (Å²) in [5.74, 6) is 0.776. The van der Waals surface area contributed by atoms with E-state index in [0.29, 0.717) is 12.5 Å². The lowest BCUT2D eigenvalue weighted by Crippen LogP contribution is -2.63. The quantitative estimate of drug-likeness (QED) is 0.626. The summed E-state index contributed by atoms with van der Waals surface area (Å²) >= 11 is 3.54.